The van der Waals surface area contributed by atoms with Crippen LogP contribution in [0.1, 0.15) is 37.5 Å². The number of phenolic OH excluding ortho intramolecular Hbond substituents is 3. The van der Waals surface area contributed by atoms with E-state index in [0.29, 0.717) is 17.5 Å². The largest absolute Gasteiger partial charge is 0.508 e. The van der Waals surface area contributed by atoms with Crippen LogP contribution in [0.3, 0.4) is 0 Å². The van der Waals surface area contributed by atoms with Crippen molar-refractivity contribution in [1.82, 2.24) is 0 Å². The Balaban J connectivity index is 2.74. The smallest absolute Gasteiger partial charge is 0.166 e. The molecule has 112 valence electrons. The summed E-state index contributed by atoms with van der Waals surface area (Å²) in [6.07, 6.45) is 2.19. The fraction of sp³-hybridized carbons (Fsp3) is 0.333. The SMILES string of the molecule is CCc1cccc(-c2cc(O)c(CC)c(O)c2O)c1CC. The first-order chi connectivity index (χ1) is 10.0. The van der Waals surface area contributed by atoms with Crippen LogP contribution in [-0.2, 0) is 19.3 Å². The van der Waals surface area contributed by atoms with Crippen molar-refractivity contribution in [3.63, 3.8) is 0 Å². The van der Waals surface area contributed by atoms with Crippen LogP contribution in [-0.4, -0.2) is 15.3 Å². The molecule has 2 rings (SSSR count). The van der Waals surface area contributed by atoms with Gasteiger partial charge >= 0.3 is 0 Å². The number of phenols is 3. The number of hydrogen-bond acceptors (Lipinski definition) is 3. The molecule has 3 N–H and O–H groups in total. The Hall–Kier alpha value is -2.16. The van der Waals surface area contributed by atoms with Crippen molar-refractivity contribution in [2.24, 2.45) is 0 Å². The molecule has 0 aromatic heterocycles. The van der Waals surface area contributed by atoms with Gasteiger partial charge in [0.2, 0.25) is 0 Å². The van der Waals surface area contributed by atoms with Gasteiger partial charge in [-0.05, 0) is 42.0 Å². The first-order valence-electron chi connectivity index (χ1n) is 7.42. The molecule has 0 aliphatic heterocycles. The Bertz CT molecular complexity index is 660. The second-order valence-electron chi connectivity index (χ2n) is 5.12. The van der Waals surface area contributed by atoms with Crippen molar-refractivity contribution in [3.8, 4) is 28.4 Å². The van der Waals surface area contributed by atoms with Crippen LogP contribution in [0.5, 0.6) is 17.2 Å². The van der Waals surface area contributed by atoms with E-state index in [9.17, 15) is 15.3 Å². The minimum absolute atomic E-state index is 0.0201. The molecule has 2 aromatic carbocycles. The molecule has 0 saturated carbocycles. The van der Waals surface area contributed by atoms with Crippen LogP contribution in [0.25, 0.3) is 11.1 Å². The lowest BCUT2D eigenvalue weighted by Gasteiger charge is -2.16. The van der Waals surface area contributed by atoms with Crippen molar-refractivity contribution in [3.05, 3.63) is 41.0 Å². The summed E-state index contributed by atoms with van der Waals surface area (Å²) in [6, 6.07) is 7.47. The third kappa shape index (κ3) is 2.56. The molecule has 0 unspecified atom stereocenters. The van der Waals surface area contributed by atoms with E-state index in [4.69, 9.17) is 0 Å². The average Bonchev–Trinajstić information content (AvgIpc) is 2.50. The number of aromatic hydroxyl groups is 3. The Morgan fingerprint density at radius 2 is 1.43 bits per heavy atom. The van der Waals surface area contributed by atoms with Gasteiger partial charge < -0.3 is 15.3 Å². The molecule has 0 atom stereocenters. The number of benzene rings is 2. The highest BCUT2D eigenvalue weighted by Gasteiger charge is 2.19. The van der Waals surface area contributed by atoms with Crippen LogP contribution in [0.15, 0.2) is 24.3 Å². The Kier molecular flexibility index (Phi) is 4.41. The zero-order valence-electron chi connectivity index (χ0n) is 12.8. The standard InChI is InChI=1S/C18H22O3/c1-4-11-8-7-9-14(12(11)5-2)15-10-16(19)13(6-3)17(20)18(15)21/h7-10,19-21H,4-6H2,1-3H3. The molecule has 0 aliphatic rings. The van der Waals surface area contributed by atoms with Gasteiger partial charge in [-0.15, -0.1) is 0 Å². The van der Waals surface area contributed by atoms with Gasteiger partial charge in [-0.1, -0.05) is 39.0 Å². The highest BCUT2D eigenvalue weighted by molar-refractivity contribution is 5.79. The fourth-order valence-corrected chi connectivity index (χ4v) is 2.87. The molecule has 0 bridgehead atoms. The first-order valence-corrected chi connectivity index (χ1v) is 7.42. The lowest BCUT2D eigenvalue weighted by molar-refractivity contribution is 0.391. The summed E-state index contributed by atoms with van der Waals surface area (Å²) in [7, 11) is 0. The molecule has 21 heavy (non-hydrogen) atoms. The van der Waals surface area contributed by atoms with E-state index in [1.54, 1.807) is 6.07 Å². The predicted molar refractivity (Wildman–Crippen MR) is 85.0 cm³/mol. The third-order valence-corrected chi connectivity index (χ3v) is 4.01. The second-order valence-corrected chi connectivity index (χ2v) is 5.12. The lowest BCUT2D eigenvalue weighted by Crippen LogP contribution is -1.96. The van der Waals surface area contributed by atoms with Gasteiger partial charge in [0, 0.05) is 11.1 Å². The predicted octanol–water partition coefficient (Wildman–Crippen LogP) is 4.16. The van der Waals surface area contributed by atoms with Gasteiger partial charge in [0.05, 0.1) is 0 Å². The van der Waals surface area contributed by atoms with Gasteiger partial charge in [0.25, 0.3) is 0 Å². The summed E-state index contributed by atoms with van der Waals surface area (Å²) in [5.74, 6) is -0.365. The lowest BCUT2D eigenvalue weighted by atomic mass is 9.91. The van der Waals surface area contributed by atoms with Crippen molar-refractivity contribution in [1.29, 1.82) is 0 Å². The Morgan fingerprint density at radius 1 is 0.762 bits per heavy atom. The van der Waals surface area contributed by atoms with Crippen LogP contribution < -0.4 is 0 Å². The zero-order chi connectivity index (χ0) is 15.6. The van der Waals surface area contributed by atoms with Gasteiger partial charge in [0.15, 0.2) is 11.5 Å². The first kappa shape index (κ1) is 15.2. The zero-order valence-corrected chi connectivity index (χ0v) is 12.8. The number of rotatable bonds is 4. The van der Waals surface area contributed by atoms with E-state index in [1.165, 1.54) is 5.56 Å². The van der Waals surface area contributed by atoms with Crippen molar-refractivity contribution >= 4 is 0 Å². The van der Waals surface area contributed by atoms with Crippen molar-refractivity contribution in [2.75, 3.05) is 0 Å². The van der Waals surface area contributed by atoms with Gasteiger partial charge in [-0.3, -0.25) is 0 Å². The maximum Gasteiger partial charge on any atom is 0.166 e. The average molecular weight is 286 g/mol. The summed E-state index contributed by atoms with van der Waals surface area (Å²) >= 11 is 0. The number of aryl methyl sites for hydroxylation is 1. The normalized spacial score (nSPS) is 10.8. The van der Waals surface area contributed by atoms with E-state index in [1.807, 2.05) is 19.1 Å². The van der Waals surface area contributed by atoms with Gasteiger partial charge in [-0.2, -0.15) is 0 Å². The summed E-state index contributed by atoms with van der Waals surface area (Å²) in [5.41, 5.74) is 4.07. The fourth-order valence-electron chi connectivity index (χ4n) is 2.87. The van der Waals surface area contributed by atoms with E-state index >= 15 is 0 Å². The van der Waals surface area contributed by atoms with E-state index in [0.717, 1.165) is 24.0 Å². The molecule has 0 aliphatic carbocycles. The third-order valence-electron chi connectivity index (χ3n) is 4.01. The molecule has 0 heterocycles. The van der Waals surface area contributed by atoms with Crippen LogP contribution in [0, 0.1) is 0 Å². The van der Waals surface area contributed by atoms with Gasteiger partial charge in [0.1, 0.15) is 5.75 Å². The maximum absolute atomic E-state index is 10.3. The minimum atomic E-state index is -0.226. The Labute approximate surface area is 125 Å². The van der Waals surface area contributed by atoms with Crippen LogP contribution in [0.2, 0.25) is 0 Å². The molecule has 0 spiro atoms. The maximum atomic E-state index is 10.3. The quantitative estimate of drug-likeness (QED) is 0.584. The molecule has 0 saturated heterocycles. The van der Waals surface area contributed by atoms with Gasteiger partial charge in [-0.25, -0.2) is 0 Å². The molecule has 0 fully saturated rings. The second kappa shape index (κ2) is 6.08. The summed E-state index contributed by atoms with van der Waals surface area (Å²) in [5, 5.41) is 30.5. The van der Waals surface area contributed by atoms with Crippen molar-refractivity contribution < 1.29 is 15.3 Å². The molecule has 2 aromatic rings. The molecule has 3 nitrogen and oxygen atoms in total. The highest BCUT2D eigenvalue weighted by Crippen LogP contribution is 2.45. The molecular formula is C18H22O3. The molecular weight excluding hydrogens is 264 g/mol. The molecule has 0 amide bonds. The molecule has 0 radical (unpaired) electrons. The summed E-state index contributed by atoms with van der Waals surface area (Å²) in [4.78, 5) is 0. The van der Waals surface area contributed by atoms with Crippen molar-refractivity contribution in [2.45, 2.75) is 40.0 Å². The monoisotopic (exact) mass is 286 g/mol. The van der Waals surface area contributed by atoms with Crippen LogP contribution in [0.4, 0.5) is 0 Å². The molecule has 3 heteroatoms. The number of hydrogen-bond donors (Lipinski definition) is 3. The topological polar surface area (TPSA) is 60.7 Å². The summed E-state index contributed by atoms with van der Waals surface area (Å²) in [6.45, 7) is 5.98. The van der Waals surface area contributed by atoms with E-state index in [-0.39, 0.29) is 17.2 Å². The van der Waals surface area contributed by atoms with E-state index < -0.39 is 0 Å². The Morgan fingerprint density at radius 3 is 2.00 bits per heavy atom. The minimum Gasteiger partial charge on any atom is -0.508 e. The summed E-state index contributed by atoms with van der Waals surface area (Å²) < 4.78 is 0. The van der Waals surface area contributed by atoms with E-state index in [2.05, 4.69) is 19.9 Å². The highest BCUT2D eigenvalue weighted by atomic mass is 16.3. The van der Waals surface area contributed by atoms with Crippen LogP contribution >= 0.6 is 0 Å².